The van der Waals surface area contributed by atoms with Crippen molar-refractivity contribution in [2.45, 2.75) is 43.4 Å². The molecule has 1 aliphatic rings. The van der Waals surface area contributed by atoms with Crippen molar-refractivity contribution < 1.29 is 9.47 Å². The second-order valence-corrected chi connectivity index (χ2v) is 5.43. The number of methoxy groups -OCH3 is 2. The van der Waals surface area contributed by atoms with Crippen LogP contribution in [0.25, 0.3) is 0 Å². The molecule has 2 unspecified atom stereocenters. The molecule has 1 aliphatic carbocycles. The van der Waals surface area contributed by atoms with Crippen LogP contribution >= 0.6 is 11.6 Å². The van der Waals surface area contributed by atoms with Crippen LogP contribution in [0, 0.1) is 0 Å². The molecule has 0 bridgehead atoms. The van der Waals surface area contributed by atoms with Crippen LogP contribution in [-0.4, -0.2) is 19.6 Å². The quantitative estimate of drug-likeness (QED) is 0.599. The molecule has 0 N–H and O–H groups in total. The van der Waals surface area contributed by atoms with Crippen molar-refractivity contribution in [3.05, 3.63) is 23.8 Å². The molecule has 0 saturated heterocycles. The molecule has 18 heavy (non-hydrogen) atoms. The van der Waals surface area contributed by atoms with Gasteiger partial charge in [-0.2, -0.15) is 0 Å². The van der Waals surface area contributed by atoms with Crippen molar-refractivity contribution in [3.8, 4) is 11.5 Å². The summed E-state index contributed by atoms with van der Waals surface area (Å²) in [6.45, 7) is 0. The molecule has 0 aromatic heterocycles. The van der Waals surface area contributed by atoms with Crippen LogP contribution in [0.5, 0.6) is 11.5 Å². The lowest BCUT2D eigenvalue weighted by molar-refractivity contribution is 0.392. The minimum Gasteiger partial charge on any atom is -0.497 e. The fourth-order valence-corrected chi connectivity index (χ4v) is 3.16. The number of ether oxygens (including phenoxy) is 2. The first-order valence-electron chi connectivity index (χ1n) is 6.62. The number of hydrogen-bond donors (Lipinski definition) is 0. The Morgan fingerprint density at radius 1 is 1.06 bits per heavy atom. The predicted octanol–water partition coefficient (Wildman–Crippen LogP) is 4.36. The first-order chi connectivity index (χ1) is 8.76. The van der Waals surface area contributed by atoms with E-state index in [2.05, 4.69) is 6.07 Å². The summed E-state index contributed by atoms with van der Waals surface area (Å²) in [6.07, 6.45) is 5.99. The van der Waals surface area contributed by atoms with Gasteiger partial charge in [-0.05, 0) is 31.0 Å². The molecule has 0 aliphatic heterocycles. The summed E-state index contributed by atoms with van der Waals surface area (Å²) in [5.74, 6) is 2.17. The molecule has 1 fully saturated rings. The van der Waals surface area contributed by atoms with E-state index < -0.39 is 0 Å². The third kappa shape index (κ3) is 2.92. The summed E-state index contributed by atoms with van der Waals surface area (Å²) in [5, 5.41) is 0.202. The largest absolute Gasteiger partial charge is 0.497 e. The zero-order chi connectivity index (χ0) is 13.0. The first-order valence-corrected chi connectivity index (χ1v) is 7.06. The minimum absolute atomic E-state index is 0.202. The summed E-state index contributed by atoms with van der Waals surface area (Å²) >= 11 is 6.55. The van der Waals surface area contributed by atoms with E-state index in [-0.39, 0.29) is 5.38 Å². The Labute approximate surface area is 114 Å². The van der Waals surface area contributed by atoms with E-state index in [0.717, 1.165) is 24.3 Å². The normalized spacial score (nSPS) is 24.4. The maximum atomic E-state index is 6.55. The van der Waals surface area contributed by atoms with Gasteiger partial charge < -0.3 is 9.47 Å². The van der Waals surface area contributed by atoms with E-state index in [4.69, 9.17) is 21.1 Å². The van der Waals surface area contributed by atoms with Gasteiger partial charge in [-0.15, -0.1) is 11.6 Å². The zero-order valence-corrected chi connectivity index (χ0v) is 11.9. The average Bonchev–Trinajstić information content (AvgIpc) is 2.62. The van der Waals surface area contributed by atoms with Crippen LogP contribution in [0.3, 0.4) is 0 Å². The molecule has 2 rings (SSSR count). The van der Waals surface area contributed by atoms with Crippen molar-refractivity contribution in [2.75, 3.05) is 14.2 Å². The number of hydrogen-bond acceptors (Lipinski definition) is 2. The summed E-state index contributed by atoms with van der Waals surface area (Å²) < 4.78 is 10.8. The molecule has 0 amide bonds. The Kier molecular flexibility index (Phi) is 4.76. The lowest BCUT2D eigenvalue weighted by Crippen LogP contribution is -2.12. The maximum Gasteiger partial charge on any atom is 0.122 e. The molecule has 2 nitrogen and oxygen atoms in total. The van der Waals surface area contributed by atoms with Crippen molar-refractivity contribution in [1.29, 1.82) is 0 Å². The second kappa shape index (κ2) is 6.33. The van der Waals surface area contributed by atoms with Crippen LogP contribution in [-0.2, 0) is 0 Å². The maximum absolute atomic E-state index is 6.55. The molecular weight excluding hydrogens is 248 g/mol. The van der Waals surface area contributed by atoms with E-state index >= 15 is 0 Å². The van der Waals surface area contributed by atoms with Crippen molar-refractivity contribution in [2.24, 2.45) is 0 Å². The minimum atomic E-state index is 0.202. The van der Waals surface area contributed by atoms with Crippen LogP contribution < -0.4 is 9.47 Å². The highest BCUT2D eigenvalue weighted by Crippen LogP contribution is 2.40. The van der Waals surface area contributed by atoms with Gasteiger partial charge >= 0.3 is 0 Å². The van der Waals surface area contributed by atoms with E-state index in [1.807, 2.05) is 12.1 Å². The van der Waals surface area contributed by atoms with E-state index in [9.17, 15) is 0 Å². The molecule has 100 valence electrons. The predicted molar refractivity (Wildman–Crippen MR) is 75.0 cm³/mol. The van der Waals surface area contributed by atoms with Crippen LogP contribution in [0.4, 0.5) is 0 Å². The Morgan fingerprint density at radius 3 is 2.56 bits per heavy atom. The average molecular weight is 269 g/mol. The van der Waals surface area contributed by atoms with E-state index in [0.29, 0.717) is 5.92 Å². The lowest BCUT2D eigenvalue weighted by Gasteiger charge is -2.22. The zero-order valence-electron chi connectivity index (χ0n) is 11.1. The van der Waals surface area contributed by atoms with Gasteiger partial charge in [0.2, 0.25) is 0 Å². The summed E-state index contributed by atoms with van der Waals surface area (Å²) in [6, 6.07) is 5.98. The number of halogens is 1. The fraction of sp³-hybridized carbons (Fsp3) is 0.600. The van der Waals surface area contributed by atoms with Gasteiger partial charge in [0.25, 0.3) is 0 Å². The Morgan fingerprint density at radius 2 is 1.83 bits per heavy atom. The number of rotatable bonds is 3. The van der Waals surface area contributed by atoms with Crippen LogP contribution in [0.2, 0.25) is 0 Å². The standard InChI is InChI=1S/C15H21ClO2/c1-17-11-8-9-15(18-2)13(10-11)12-6-4-3-5-7-14(12)16/h8-10,12,14H,3-7H2,1-2H3. The Balaban J connectivity index is 2.33. The first kappa shape index (κ1) is 13.5. The van der Waals surface area contributed by atoms with E-state index in [1.165, 1.54) is 24.8 Å². The molecule has 1 saturated carbocycles. The van der Waals surface area contributed by atoms with Gasteiger partial charge in [0.05, 0.1) is 14.2 Å². The van der Waals surface area contributed by atoms with Crippen LogP contribution in [0.1, 0.15) is 43.6 Å². The van der Waals surface area contributed by atoms with Gasteiger partial charge in [-0.3, -0.25) is 0 Å². The molecule has 0 spiro atoms. The fourth-order valence-electron chi connectivity index (χ4n) is 2.74. The molecule has 1 aromatic rings. The molecule has 0 heterocycles. The number of benzene rings is 1. The highest BCUT2D eigenvalue weighted by atomic mass is 35.5. The van der Waals surface area contributed by atoms with Gasteiger partial charge in [-0.25, -0.2) is 0 Å². The molecule has 2 atom stereocenters. The van der Waals surface area contributed by atoms with Crippen molar-refractivity contribution in [1.82, 2.24) is 0 Å². The Bertz CT molecular complexity index is 392. The van der Waals surface area contributed by atoms with E-state index in [1.54, 1.807) is 14.2 Å². The third-order valence-electron chi connectivity index (χ3n) is 3.77. The summed E-state index contributed by atoms with van der Waals surface area (Å²) in [5.41, 5.74) is 1.19. The smallest absolute Gasteiger partial charge is 0.122 e. The van der Waals surface area contributed by atoms with Crippen LogP contribution in [0.15, 0.2) is 18.2 Å². The monoisotopic (exact) mass is 268 g/mol. The van der Waals surface area contributed by atoms with Gasteiger partial charge in [0.1, 0.15) is 11.5 Å². The summed E-state index contributed by atoms with van der Waals surface area (Å²) in [4.78, 5) is 0. The lowest BCUT2D eigenvalue weighted by atomic mass is 9.90. The highest BCUT2D eigenvalue weighted by Gasteiger charge is 2.26. The Hall–Kier alpha value is -0.890. The molecule has 0 radical (unpaired) electrons. The molecule has 3 heteroatoms. The van der Waals surface area contributed by atoms with Gasteiger partial charge in [-0.1, -0.05) is 19.3 Å². The topological polar surface area (TPSA) is 18.5 Å². The summed E-state index contributed by atoms with van der Waals surface area (Å²) in [7, 11) is 3.40. The SMILES string of the molecule is COc1ccc(OC)c(C2CCCCCC2Cl)c1. The number of alkyl halides is 1. The van der Waals surface area contributed by atoms with Gasteiger partial charge in [0, 0.05) is 16.9 Å². The van der Waals surface area contributed by atoms with Crippen molar-refractivity contribution >= 4 is 11.6 Å². The third-order valence-corrected chi connectivity index (χ3v) is 4.29. The van der Waals surface area contributed by atoms with Crippen molar-refractivity contribution in [3.63, 3.8) is 0 Å². The highest BCUT2D eigenvalue weighted by molar-refractivity contribution is 6.21. The van der Waals surface area contributed by atoms with Gasteiger partial charge in [0.15, 0.2) is 0 Å². The molecule has 1 aromatic carbocycles. The molecular formula is C15H21ClO2. The second-order valence-electron chi connectivity index (χ2n) is 4.87.